The molecular weight excluding hydrogens is 320 g/mol. The Kier molecular flexibility index (Phi) is 5.58. The molecule has 1 N–H and O–H groups in total. The van der Waals surface area contributed by atoms with E-state index in [1.54, 1.807) is 6.20 Å². The summed E-state index contributed by atoms with van der Waals surface area (Å²) in [6.07, 6.45) is 4.89. The highest BCUT2D eigenvalue weighted by Crippen LogP contribution is 2.24. The van der Waals surface area contributed by atoms with Gasteiger partial charge in [-0.3, -0.25) is 9.78 Å². The second-order valence-electron chi connectivity index (χ2n) is 6.24. The lowest BCUT2D eigenvalue weighted by atomic mass is 10.1. The minimum atomic E-state index is 0.0932. The van der Waals surface area contributed by atoms with Crippen molar-refractivity contribution in [2.45, 2.75) is 45.7 Å². The fraction of sp³-hybridized carbons (Fsp3) is 0.500. The lowest BCUT2D eigenvalue weighted by molar-refractivity contribution is 0.0646. The van der Waals surface area contributed by atoms with Crippen LogP contribution in [0.3, 0.4) is 0 Å². The molecular formula is C18H24N4OS. The number of aromatic nitrogens is 2. The number of aryl methyl sites for hydroxylation is 2. The number of carbonyl (C=O) groups is 1. The Balaban J connectivity index is 1.88. The maximum absolute atomic E-state index is 13.2. The summed E-state index contributed by atoms with van der Waals surface area (Å²) in [7, 11) is 0. The maximum atomic E-state index is 13.2. The average Bonchev–Trinajstić information content (AvgIpc) is 2.79. The van der Waals surface area contributed by atoms with E-state index in [9.17, 15) is 4.79 Å². The van der Waals surface area contributed by atoms with Crippen molar-refractivity contribution in [2.75, 3.05) is 13.1 Å². The SMILES string of the molecule is Cc1nc(C)c(C(=O)N(Cc2ccccn2)C2CCCNCC2)s1. The zero-order valence-corrected chi connectivity index (χ0v) is 15.1. The molecule has 1 aliphatic heterocycles. The number of rotatable bonds is 4. The third-order valence-electron chi connectivity index (χ3n) is 4.40. The number of amides is 1. The van der Waals surface area contributed by atoms with E-state index >= 15 is 0 Å². The average molecular weight is 344 g/mol. The van der Waals surface area contributed by atoms with Gasteiger partial charge in [0, 0.05) is 12.2 Å². The van der Waals surface area contributed by atoms with Gasteiger partial charge >= 0.3 is 0 Å². The minimum absolute atomic E-state index is 0.0932. The smallest absolute Gasteiger partial charge is 0.266 e. The van der Waals surface area contributed by atoms with Gasteiger partial charge in [-0.15, -0.1) is 11.3 Å². The minimum Gasteiger partial charge on any atom is -0.329 e. The Morgan fingerprint density at radius 2 is 2.21 bits per heavy atom. The summed E-state index contributed by atoms with van der Waals surface area (Å²) >= 11 is 1.49. The lowest BCUT2D eigenvalue weighted by Gasteiger charge is -2.30. The number of hydrogen-bond donors (Lipinski definition) is 1. The van der Waals surface area contributed by atoms with Crippen LogP contribution in [0, 0.1) is 13.8 Å². The third kappa shape index (κ3) is 3.99. The lowest BCUT2D eigenvalue weighted by Crippen LogP contribution is -2.40. The summed E-state index contributed by atoms with van der Waals surface area (Å²) in [5.41, 5.74) is 1.77. The summed E-state index contributed by atoms with van der Waals surface area (Å²) < 4.78 is 0. The molecule has 0 aliphatic carbocycles. The van der Waals surface area contributed by atoms with E-state index in [2.05, 4.69) is 15.3 Å². The Labute approximate surface area is 147 Å². The summed E-state index contributed by atoms with van der Waals surface area (Å²) in [6, 6.07) is 6.11. The van der Waals surface area contributed by atoms with Crippen molar-refractivity contribution in [1.82, 2.24) is 20.2 Å². The first-order chi connectivity index (χ1) is 11.6. The van der Waals surface area contributed by atoms with Gasteiger partial charge in [-0.2, -0.15) is 0 Å². The fourth-order valence-corrected chi connectivity index (χ4v) is 4.08. The molecule has 5 nitrogen and oxygen atoms in total. The van der Waals surface area contributed by atoms with Crippen LogP contribution < -0.4 is 5.32 Å². The molecule has 1 saturated heterocycles. The first kappa shape index (κ1) is 17.0. The molecule has 6 heteroatoms. The van der Waals surface area contributed by atoms with Crippen LogP contribution in [0.5, 0.6) is 0 Å². The number of hydrogen-bond acceptors (Lipinski definition) is 5. The molecule has 3 rings (SSSR count). The first-order valence-corrected chi connectivity index (χ1v) is 9.32. The van der Waals surface area contributed by atoms with Crippen LogP contribution in [0.2, 0.25) is 0 Å². The quantitative estimate of drug-likeness (QED) is 0.926. The number of thiazole rings is 1. The molecule has 0 spiro atoms. The molecule has 3 heterocycles. The van der Waals surface area contributed by atoms with Crippen LogP contribution in [0.1, 0.15) is 45.3 Å². The van der Waals surface area contributed by atoms with E-state index in [1.807, 2.05) is 36.9 Å². The van der Waals surface area contributed by atoms with E-state index in [1.165, 1.54) is 11.3 Å². The monoisotopic (exact) mass is 344 g/mol. The van der Waals surface area contributed by atoms with Crippen molar-refractivity contribution in [2.24, 2.45) is 0 Å². The highest BCUT2D eigenvalue weighted by Gasteiger charge is 2.28. The topological polar surface area (TPSA) is 58.1 Å². The van der Waals surface area contributed by atoms with Crippen molar-refractivity contribution in [3.8, 4) is 0 Å². The van der Waals surface area contributed by atoms with Crippen LogP contribution in [0.4, 0.5) is 0 Å². The van der Waals surface area contributed by atoms with E-state index in [-0.39, 0.29) is 11.9 Å². The largest absolute Gasteiger partial charge is 0.329 e. The first-order valence-electron chi connectivity index (χ1n) is 8.51. The second-order valence-corrected chi connectivity index (χ2v) is 7.44. The Hall–Kier alpha value is -1.79. The van der Waals surface area contributed by atoms with Crippen molar-refractivity contribution < 1.29 is 4.79 Å². The predicted octanol–water partition coefficient (Wildman–Crippen LogP) is 2.94. The molecule has 2 aromatic heterocycles. The molecule has 0 radical (unpaired) electrons. The van der Waals surface area contributed by atoms with Crippen LogP contribution in [-0.4, -0.2) is 39.9 Å². The van der Waals surface area contributed by atoms with Crippen molar-refractivity contribution in [3.63, 3.8) is 0 Å². The molecule has 1 atom stereocenters. The second kappa shape index (κ2) is 7.85. The van der Waals surface area contributed by atoms with Gasteiger partial charge in [0.2, 0.25) is 0 Å². The number of carbonyl (C=O) groups excluding carboxylic acids is 1. The van der Waals surface area contributed by atoms with Crippen molar-refractivity contribution in [1.29, 1.82) is 0 Å². The molecule has 0 aromatic carbocycles. The highest BCUT2D eigenvalue weighted by molar-refractivity contribution is 7.13. The molecule has 2 aromatic rings. The molecule has 0 bridgehead atoms. The molecule has 1 aliphatic rings. The summed E-state index contributed by atoms with van der Waals surface area (Å²) in [5.74, 6) is 0.0932. The van der Waals surface area contributed by atoms with Gasteiger partial charge in [0.1, 0.15) is 4.88 Å². The van der Waals surface area contributed by atoms with E-state index in [0.717, 1.165) is 53.6 Å². The molecule has 128 valence electrons. The van der Waals surface area contributed by atoms with Crippen LogP contribution >= 0.6 is 11.3 Å². The zero-order valence-electron chi connectivity index (χ0n) is 14.3. The molecule has 24 heavy (non-hydrogen) atoms. The summed E-state index contributed by atoms with van der Waals surface area (Å²) in [5, 5.41) is 4.37. The third-order valence-corrected chi connectivity index (χ3v) is 5.46. The van der Waals surface area contributed by atoms with Crippen LogP contribution in [0.15, 0.2) is 24.4 Å². The zero-order chi connectivity index (χ0) is 16.9. The van der Waals surface area contributed by atoms with Crippen LogP contribution in [-0.2, 0) is 6.54 Å². The molecule has 1 amide bonds. The van der Waals surface area contributed by atoms with Gasteiger partial charge in [-0.25, -0.2) is 4.98 Å². The Morgan fingerprint density at radius 1 is 1.33 bits per heavy atom. The molecule has 1 unspecified atom stereocenters. The number of pyridine rings is 1. The van der Waals surface area contributed by atoms with E-state index in [4.69, 9.17) is 0 Å². The van der Waals surface area contributed by atoms with Crippen molar-refractivity contribution >= 4 is 17.2 Å². The highest BCUT2D eigenvalue weighted by atomic mass is 32.1. The standard InChI is InChI=1S/C18H24N4OS/c1-13-17(24-14(2)21-13)18(23)22(12-15-6-3-4-10-20-15)16-7-5-9-19-11-8-16/h3-4,6,10,16,19H,5,7-9,11-12H2,1-2H3. The van der Waals surface area contributed by atoms with Gasteiger partial charge in [0.25, 0.3) is 5.91 Å². The summed E-state index contributed by atoms with van der Waals surface area (Å²) in [4.78, 5) is 24.9. The fourth-order valence-electron chi connectivity index (χ4n) is 3.21. The van der Waals surface area contributed by atoms with Gasteiger partial charge < -0.3 is 10.2 Å². The normalized spacial score (nSPS) is 18.2. The van der Waals surface area contributed by atoms with Gasteiger partial charge in [-0.05, 0) is 58.3 Å². The van der Waals surface area contributed by atoms with Gasteiger partial charge in [0.15, 0.2) is 0 Å². The Bertz CT molecular complexity index is 678. The molecule has 1 fully saturated rings. The van der Waals surface area contributed by atoms with Gasteiger partial charge in [0.05, 0.1) is 22.9 Å². The van der Waals surface area contributed by atoms with E-state index in [0.29, 0.717) is 6.54 Å². The molecule has 0 saturated carbocycles. The van der Waals surface area contributed by atoms with Crippen LogP contribution in [0.25, 0.3) is 0 Å². The number of nitrogens with zero attached hydrogens (tertiary/aromatic N) is 3. The van der Waals surface area contributed by atoms with E-state index < -0.39 is 0 Å². The maximum Gasteiger partial charge on any atom is 0.266 e. The number of nitrogens with one attached hydrogen (secondary N) is 1. The Morgan fingerprint density at radius 3 is 2.92 bits per heavy atom. The van der Waals surface area contributed by atoms with Gasteiger partial charge in [-0.1, -0.05) is 6.07 Å². The van der Waals surface area contributed by atoms with Crippen molar-refractivity contribution in [3.05, 3.63) is 45.7 Å². The summed E-state index contributed by atoms with van der Waals surface area (Å²) in [6.45, 7) is 6.41. The predicted molar refractivity (Wildman–Crippen MR) is 96.2 cm³/mol.